The lowest BCUT2D eigenvalue weighted by molar-refractivity contribution is -0.384. The highest BCUT2D eigenvalue weighted by atomic mass is 32.2. The Bertz CT molecular complexity index is 689. The minimum absolute atomic E-state index is 0.0386. The van der Waals surface area contributed by atoms with Gasteiger partial charge in [0.2, 0.25) is 10.0 Å². The van der Waals surface area contributed by atoms with E-state index in [1.165, 1.54) is 12.5 Å². The number of hydrogen-bond donors (Lipinski definition) is 2. The normalized spacial score (nSPS) is 27.9. The number of nitro groups is 1. The van der Waals surface area contributed by atoms with Crippen LogP contribution in [0.25, 0.3) is 0 Å². The molecule has 0 aliphatic heterocycles. The summed E-state index contributed by atoms with van der Waals surface area (Å²) in [5, 5.41) is 10.7. The third-order valence-corrected chi connectivity index (χ3v) is 6.10. The molecular weight excluding hydrogens is 294 g/mol. The van der Waals surface area contributed by atoms with Crippen molar-refractivity contribution >= 4 is 21.4 Å². The molecule has 8 heteroatoms. The first-order valence-electron chi connectivity index (χ1n) is 6.93. The van der Waals surface area contributed by atoms with Crippen molar-refractivity contribution in [2.45, 2.75) is 36.6 Å². The van der Waals surface area contributed by atoms with Gasteiger partial charge in [-0.05, 0) is 37.2 Å². The molecule has 114 valence electrons. The average Bonchev–Trinajstić information content (AvgIpc) is 2.99. The molecule has 0 aromatic heterocycles. The van der Waals surface area contributed by atoms with Crippen LogP contribution in [-0.4, -0.2) is 19.4 Å². The topological polar surface area (TPSA) is 115 Å². The lowest BCUT2D eigenvalue weighted by Crippen LogP contribution is -2.38. The summed E-state index contributed by atoms with van der Waals surface area (Å²) in [6.07, 6.45) is 4.20. The van der Waals surface area contributed by atoms with Crippen LogP contribution in [-0.2, 0) is 10.0 Å². The number of nitrogen functional groups attached to an aromatic ring is 1. The summed E-state index contributed by atoms with van der Waals surface area (Å²) >= 11 is 0. The number of hydrogen-bond acceptors (Lipinski definition) is 5. The Morgan fingerprint density at radius 3 is 2.57 bits per heavy atom. The van der Waals surface area contributed by atoms with Gasteiger partial charge >= 0.3 is 0 Å². The lowest BCUT2D eigenvalue weighted by Gasteiger charge is -2.23. The molecule has 0 saturated heterocycles. The Labute approximate surface area is 122 Å². The highest BCUT2D eigenvalue weighted by Gasteiger charge is 2.41. The fourth-order valence-corrected chi connectivity index (χ4v) is 4.98. The van der Waals surface area contributed by atoms with Crippen molar-refractivity contribution in [2.24, 2.45) is 11.8 Å². The van der Waals surface area contributed by atoms with E-state index in [1.54, 1.807) is 0 Å². The second-order valence-electron chi connectivity index (χ2n) is 5.88. The van der Waals surface area contributed by atoms with Crippen LogP contribution in [0.3, 0.4) is 0 Å². The number of rotatable bonds is 4. The first kappa shape index (κ1) is 14.3. The number of nitro benzene ring substituents is 1. The second-order valence-corrected chi connectivity index (χ2v) is 7.56. The molecule has 2 saturated carbocycles. The number of nitrogens with zero attached hydrogens (tertiary/aromatic N) is 1. The van der Waals surface area contributed by atoms with E-state index in [0.717, 1.165) is 31.4 Å². The molecule has 3 unspecified atom stereocenters. The highest BCUT2D eigenvalue weighted by Crippen LogP contribution is 2.45. The van der Waals surface area contributed by atoms with Gasteiger partial charge in [-0.1, -0.05) is 6.42 Å². The van der Waals surface area contributed by atoms with Crippen LogP contribution in [0.2, 0.25) is 0 Å². The third-order valence-electron chi connectivity index (χ3n) is 4.54. The molecule has 2 fully saturated rings. The van der Waals surface area contributed by atoms with E-state index >= 15 is 0 Å². The maximum Gasteiger partial charge on any atom is 0.271 e. The van der Waals surface area contributed by atoms with Crippen LogP contribution in [0.5, 0.6) is 0 Å². The number of nitrogens with one attached hydrogen (secondary N) is 1. The standard InChI is InChI=1S/C13H17N3O4S/c14-11-7-10(16(17)18)3-4-13(11)21(19,20)15-12-6-8-1-2-9(12)5-8/h3-4,7-9,12,15H,1-2,5-6,14H2. The number of non-ortho nitro benzene ring substituents is 1. The Balaban J connectivity index is 1.83. The van der Waals surface area contributed by atoms with Crippen molar-refractivity contribution < 1.29 is 13.3 Å². The first-order valence-corrected chi connectivity index (χ1v) is 8.41. The van der Waals surface area contributed by atoms with Crippen molar-refractivity contribution in [3.8, 4) is 0 Å². The molecule has 3 atom stereocenters. The third kappa shape index (κ3) is 2.60. The van der Waals surface area contributed by atoms with Gasteiger partial charge in [-0.3, -0.25) is 10.1 Å². The van der Waals surface area contributed by atoms with Gasteiger partial charge in [-0.15, -0.1) is 0 Å². The summed E-state index contributed by atoms with van der Waals surface area (Å²) in [6, 6.07) is 3.40. The fourth-order valence-electron chi connectivity index (χ4n) is 3.55. The van der Waals surface area contributed by atoms with Crippen molar-refractivity contribution in [2.75, 3.05) is 5.73 Å². The quantitative estimate of drug-likeness (QED) is 0.498. The average molecular weight is 311 g/mol. The predicted octanol–water partition coefficient (Wildman–Crippen LogP) is 1.64. The zero-order chi connectivity index (χ0) is 15.2. The van der Waals surface area contributed by atoms with Gasteiger partial charge < -0.3 is 5.73 Å². The van der Waals surface area contributed by atoms with E-state index in [4.69, 9.17) is 5.73 Å². The Kier molecular flexibility index (Phi) is 3.37. The molecular formula is C13H17N3O4S. The monoisotopic (exact) mass is 311 g/mol. The Hall–Kier alpha value is -1.67. The number of fused-ring (bicyclic) bond motifs is 2. The summed E-state index contributed by atoms with van der Waals surface area (Å²) < 4.78 is 27.5. The number of nitrogens with two attached hydrogens (primary N) is 1. The molecule has 1 aromatic rings. The smallest absolute Gasteiger partial charge is 0.271 e. The minimum atomic E-state index is -3.74. The van der Waals surface area contributed by atoms with Crippen LogP contribution in [0, 0.1) is 22.0 Å². The minimum Gasteiger partial charge on any atom is -0.397 e. The van der Waals surface area contributed by atoms with Gasteiger partial charge in [-0.25, -0.2) is 13.1 Å². The van der Waals surface area contributed by atoms with Gasteiger partial charge in [0.15, 0.2) is 0 Å². The fraction of sp³-hybridized carbons (Fsp3) is 0.538. The van der Waals surface area contributed by atoms with Gasteiger partial charge in [0.25, 0.3) is 5.69 Å². The van der Waals surface area contributed by atoms with Crippen LogP contribution in [0.1, 0.15) is 25.7 Å². The molecule has 0 amide bonds. The van der Waals surface area contributed by atoms with Crippen molar-refractivity contribution in [1.29, 1.82) is 0 Å². The molecule has 0 heterocycles. The largest absolute Gasteiger partial charge is 0.397 e. The van der Waals surface area contributed by atoms with E-state index in [-0.39, 0.29) is 22.3 Å². The van der Waals surface area contributed by atoms with Gasteiger partial charge in [-0.2, -0.15) is 0 Å². The van der Waals surface area contributed by atoms with Crippen molar-refractivity contribution in [1.82, 2.24) is 4.72 Å². The maximum atomic E-state index is 12.4. The van der Waals surface area contributed by atoms with E-state index in [2.05, 4.69) is 4.72 Å². The Morgan fingerprint density at radius 2 is 2.05 bits per heavy atom. The van der Waals surface area contributed by atoms with Gasteiger partial charge in [0.05, 0.1) is 10.6 Å². The van der Waals surface area contributed by atoms with Crippen molar-refractivity contribution in [3.05, 3.63) is 28.3 Å². The van der Waals surface area contributed by atoms with Crippen LogP contribution >= 0.6 is 0 Å². The SMILES string of the molecule is Nc1cc([N+](=O)[O-])ccc1S(=O)(=O)NC1CC2CCC1C2. The lowest BCUT2D eigenvalue weighted by atomic mass is 9.96. The van der Waals surface area contributed by atoms with Crippen LogP contribution in [0.15, 0.2) is 23.1 Å². The summed E-state index contributed by atoms with van der Waals surface area (Å²) in [4.78, 5) is 9.98. The molecule has 2 aliphatic rings. The molecule has 0 spiro atoms. The Morgan fingerprint density at radius 1 is 1.29 bits per heavy atom. The summed E-state index contributed by atoms with van der Waals surface area (Å²) in [5.41, 5.74) is 5.36. The maximum absolute atomic E-state index is 12.4. The highest BCUT2D eigenvalue weighted by molar-refractivity contribution is 7.89. The molecule has 7 nitrogen and oxygen atoms in total. The molecule has 3 rings (SSSR count). The first-order chi connectivity index (χ1) is 9.87. The van der Waals surface area contributed by atoms with E-state index in [1.807, 2.05) is 0 Å². The molecule has 0 radical (unpaired) electrons. The second kappa shape index (κ2) is 4.96. The van der Waals surface area contributed by atoms with Gasteiger partial charge in [0.1, 0.15) is 4.90 Å². The number of anilines is 1. The van der Waals surface area contributed by atoms with E-state index in [9.17, 15) is 18.5 Å². The number of sulfonamides is 1. The predicted molar refractivity (Wildman–Crippen MR) is 77.1 cm³/mol. The van der Waals surface area contributed by atoms with Gasteiger partial charge in [0, 0.05) is 18.2 Å². The summed E-state index contributed by atoms with van der Waals surface area (Å²) in [5.74, 6) is 1.03. The summed E-state index contributed by atoms with van der Waals surface area (Å²) in [6.45, 7) is 0. The van der Waals surface area contributed by atoms with E-state index in [0.29, 0.717) is 11.8 Å². The zero-order valence-electron chi connectivity index (χ0n) is 11.4. The summed E-state index contributed by atoms with van der Waals surface area (Å²) in [7, 11) is -3.74. The molecule has 1 aromatic carbocycles. The van der Waals surface area contributed by atoms with Crippen LogP contribution < -0.4 is 10.5 Å². The van der Waals surface area contributed by atoms with Crippen molar-refractivity contribution in [3.63, 3.8) is 0 Å². The zero-order valence-corrected chi connectivity index (χ0v) is 12.2. The molecule has 2 bridgehead atoms. The van der Waals surface area contributed by atoms with E-state index < -0.39 is 14.9 Å². The molecule has 21 heavy (non-hydrogen) atoms. The molecule has 2 aliphatic carbocycles. The molecule has 3 N–H and O–H groups in total. The number of benzene rings is 1. The van der Waals surface area contributed by atoms with Crippen LogP contribution in [0.4, 0.5) is 11.4 Å².